The SMILES string of the molecule is CC(C)OCCCN1C(=O)C(=O)/C(=C(\O)c2ccc(Br)cc2)C1c1ccncc1. The maximum absolute atomic E-state index is 12.9. The predicted molar refractivity (Wildman–Crippen MR) is 113 cm³/mol. The zero-order chi connectivity index (χ0) is 21.0. The first-order valence-corrected chi connectivity index (χ1v) is 10.3. The number of hydrogen-bond donors (Lipinski definition) is 1. The second-order valence-electron chi connectivity index (χ2n) is 7.05. The molecule has 1 aliphatic heterocycles. The lowest BCUT2D eigenvalue weighted by atomic mass is 9.96. The van der Waals surface area contributed by atoms with Gasteiger partial charge >= 0.3 is 0 Å². The van der Waals surface area contributed by atoms with Crippen LogP contribution in [0.2, 0.25) is 0 Å². The van der Waals surface area contributed by atoms with Crippen LogP contribution < -0.4 is 0 Å². The largest absolute Gasteiger partial charge is 0.507 e. The van der Waals surface area contributed by atoms with E-state index in [1.165, 1.54) is 4.90 Å². The first kappa shape index (κ1) is 21.2. The second-order valence-corrected chi connectivity index (χ2v) is 7.97. The summed E-state index contributed by atoms with van der Waals surface area (Å²) in [5, 5.41) is 10.9. The van der Waals surface area contributed by atoms with Gasteiger partial charge in [0.15, 0.2) is 0 Å². The third kappa shape index (κ3) is 4.74. The third-order valence-corrected chi connectivity index (χ3v) is 5.20. The highest BCUT2D eigenvalue weighted by Crippen LogP contribution is 2.39. The van der Waals surface area contributed by atoms with Gasteiger partial charge in [-0.05, 0) is 50.1 Å². The Balaban J connectivity index is 1.99. The number of likely N-dealkylation sites (tertiary alicyclic amines) is 1. The smallest absolute Gasteiger partial charge is 0.295 e. The lowest BCUT2D eigenvalue weighted by Gasteiger charge is -2.25. The minimum Gasteiger partial charge on any atom is -0.507 e. The molecule has 1 unspecified atom stereocenters. The molecule has 1 aliphatic rings. The number of halogens is 1. The number of carbonyl (C=O) groups is 2. The number of Topliss-reactive ketones (excluding diaryl/α,β-unsaturated/α-hetero) is 1. The fraction of sp³-hybridized carbons (Fsp3) is 0.318. The Hall–Kier alpha value is -2.51. The molecule has 1 amide bonds. The normalized spacial score (nSPS) is 18.6. The number of hydrogen-bond acceptors (Lipinski definition) is 5. The van der Waals surface area contributed by atoms with E-state index in [2.05, 4.69) is 20.9 Å². The molecule has 3 rings (SSSR count). The number of rotatable bonds is 7. The molecular formula is C22H23BrN2O4. The lowest BCUT2D eigenvalue weighted by Crippen LogP contribution is -2.31. The maximum atomic E-state index is 12.9. The molecule has 7 heteroatoms. The number of carbonyl (C=O) groups excluding carboxylic acids is 2. The average Bonchev–Trinajstić information content (AvgIpc) is 2.96. The van der Waals surface area contributed by atoms with E-state index in [0.717, 1.165) is 10.0 Å². The fourth-order valence-electron chi connectivity index (χ4n) is 3.32. The van der Waals surface area contributed by atoms with E-state index < -0.39 is 17.7 Å². The molecule has 1 N–H and O–H groups in total. The van der Waals surface area contributed by atoms with Crippen LogP contribution in [0.1, 0.15) is 37.4 Å². The summed E-state index contributed by atoms with van der Waals surface area (Å²) in [5.74, 6) is -1.48. The number of benzene rings is 1. The van der Waals surface area contributed by atoms with Crippen molar-refractivity contribution in [3.05, 3.63) is 70.0 Å². The van der Waals surface area contributed by atoms with Gasteiger partial charge in [-0.15, -0.1) is 0 Å². The van der Waals surface area contributed by atoms with Gasteiger partial charge in [-0.3, -0.25) is 14.6 Å². The van der Waals surface area contributed by atoms with Crippen LogP contribution in [-0.2, 0) is 14.3 Å². The molecule has 0 spiro atoms. The van der Waals surface area contributed by atoms with E-state index in [0.29, 0.717) is 25.1 Å². The molecule has 0 bridgehead atoms. The summed E-state index contributed by atoms with van der Waals surface area (Å²) in [7, 11) is 0. The number of ketones is 1. The van der Waals surface area contributed by atoms with Crippen LogP contribution in [0.4, 0.5) is 0 Å². The van der Waals surface area contributed by atoms with Gasteiger partial charge in [0, 0.05) is 35.6 Å². The Morgan fingerprint density at radius 2 is 1.83 bits per heavy atom. The molecule has 0 radical (unpaired) electrons. The van der Waals surface area contributed by atoms with E-state index in [9.17, 15) is 14.7 Å². The van der Waals surface area contributed by atoms with Crippen LogP contribution >= 0.6 is 15.9 Å². The molecule has 0 aliphatic carbocycles. The van der Waals surface area contributed by atoms with Crippen molar-refractivity contribution in [3.63, 3.8) is 0 Å². The van der Waals surface area contributed by atoms with E-state index in [-0.39, 0.29) is 17.4 Å². The van der Waals surface area contributed by atoms with E-state index in [1.54, 1.807) is 48.8 Å². The number of aliphatic hydroxyl groups excluding tert-OH is 1. The topological polar surface area (TPSA) is 79.7 Å². The van der Waals surface area contributed by atoms with Crippen LogP contribution in [0.3, 0.4) is 0 Å². The second kappa shape index (κ2) is 9.33. The van der Waals surface area contributed by atoms with Gasteiger partial charge in [0.25, 0.3) is 11.7 Å². The predicted octanol–water partition coefficient (Wildman–Crippen LogP) is 4.08. The molecule has 152 valence electrons. The van der Waals surface area contributed by atoms with Crippen molar-refractivity contribution >= 4 is 33.4 Å². The first-order chi connectivity index (χ1) is 13.9. The van der Waals surface area contributed by atoms with Gasteiger partial charge in [-0.2, -0.15) is 0 Å². The number of aromatic nitrogens is 1. The van der Waals surface area contributed by atoms with Gasteiger partial charge < -0.3 is 14.7 Å². The molecule has 1 atom stereocenters. The summed E-state index contributed by atoms with van der Waals surface area (Å²) in [4.78, 5) is 31.2. The minimum absolute atomic E-state index is 0.0910. The summed E-state index contributed by atoms with van der Waals surface area (Å²) in [6.45, 7) is 4.72. The first-order valence-electron chi connectivity index (χ1n) is 9.46. The molecular weight excluding hydrogens is 436 g/mol. The van der Waals surface area contributed by atoms with E-state index >= 15 is 0 Å². The maximum Gasteiger partial charge on any atom is 0.295 e. The summed E-state index contributed by atoms with van der Waals surface area (Å²) in [6.07, 6.45) is 3.90. The molecule has 2 aromatic rings. The van der Waals surface area contributed by atoms with E-state index in [1.807, 2.05) is 13.8 Å². The van der Waals surface area contributed by atoms with Gasteiger partial charge in [0.2, 0.25) is 0 Å². The molecule has 1 saturated heterocycles. The van der Waals surface area contributed by atoms with Gasteiger partial charge in [0.1, 0.15) is 5.76 Å². The average molecular weight is 459 g/mol. The number of nitrogens with zero attached hydrogens (tertiary/aromatic N) is 2. The number of amides is 1. The van der Waals surface area contributed by atoms with Gasteiger partial charge in [-0.25, -0.2) is 0 Å². The Kier molecular flexibility index (Phi) is 6.82. The van der Waals surface area contributed by atoms with Crippen molar-refractivity contribution in [1.82, 2.24) is 9.88 Å². The van der Waals surface area contributed by atoms with Crippen molar-refractivity contribution in [2.45, 2.75) is 32.4 Å². The lowest BCUT2D eigenvalue weighted by molar-refractivity contribution is -0.140. The molecule has 1 aromatic carbocycles. The monoisotopic (exact) mass is 458 g/mol. The van der Waals surface area contributed by atoms with Gasteiger partial charge in [0.05, 0.1) is 17.7 Å². The Morgan fingerprint density at radius 3 is 2.45 bits per heavy atom. The van der Waals surface area contributed by atoms with Crippen LogP contribution in [0, 0.1) is 0 Å². The van der Waals surface area contributed by atoms with Crippen molar-refractivity contribution in [1.29, 1.82) is 0 Å². The highest BCUT2D eigenvalue weighted by molar-refractivity contribution is 9.10. The van der Waals surface area contributed by atoms with Gasteiger partial charge in [-0.1, -0.05) is 28.1 Å². The summed E-state index contributed by atoms with van der Waals surface area (Å²) >= 11 is 3.36. The van der Waals surface area contributed by atoms with Crippen LogP contribution in [-0.4, -0.2) is 45.9 Å². The number of ether oxygens (including phenoxy) is 1. The third-order valence-electron chi connectivity index (χ3n) is 4.67. The molecule has 0 saturated carbocycles. The molecule has 6 nitrogen and oxygen atoms in total. The zero-order valence-electron chi connectivity index (χ0n) is 16.3. The van der Waals surface area contributed by atoms with Crippen LogP contribution in [0.15, 0.2) is 58.8 Å². The van der Waals surface area contributed by atoms with E-state index in [4.69, 9.17) is 4.74 Å². The van der Waals surface area contributed by atoms with Crippen LogP contribution in [0.5, 0.6) is 0 Å². The minimum atomic E-state index is -0.683. The summed E-state index contributed by atoms with van der Waals surface area (Å²) in [5.41, 5.74) is 1.30. The Bertz CT molecular complexity index is 910. The number of aliphatic hydroxyl groups is 1. The molecule has 2 heterocycles. The molecule has 1 aromatic heterocycles. The quantitative estimate of drug-likeness (QED) is 0.292. The Labute approximate surface area is 178 Å². The van der Waals surface area contributed by atoms with Crippen molar-refractivity contribution in [2.75, 3.05) is 13.2 Å². The highest BCUT2D eigenvalue weighted by atomic mass is 79.9. The van der Waals surface area contributed by atoms with Crippen molar-refractivity contribution in [2.24, 2.45) is 0 Å². The standard InChI is InChI=1S/C22H23BrN2O4/c1-14(2)29-13-3-12-25-19(15-8-10-24-11-9-15)18(21(27)22(25)28)20(26)16-4-6-17(23)7-5-16/h4-11,14,19,26H,3,12-13H2,1-2H3/b20-18-. The van der Waals surface area contributed by atoms with Crippen LogP contribution in [0.25, 0.3) is 5.76 Å². The molecule has 29 heavy (non-hydrogen) atoms. The summed E-state index contributed by atoms with van der Waals surface area (Å²) < 4.78 is 6.41. The zero-order valence-corrected chi connectivity index (χ0v) is 17.9. The molecule has 1 fully saturated rings. The van der Waals surface area contributed by atoms with Crippen molar-refractivity contribution < 1.29 is 19.4 Å². The Morgan fingerprint density at radius 1 is 1.17 bits per heavy atom. The number of pyridine rings is 1. The fourth-order valence-corrected chi connectivity index (χ4v) is 3.58. The highest BCUT2D eigenvalue weighted by Gasteiger charge is 2.45. The summed E-state index contributed by atoms with van der Waals surface area (Å²) in [6, 6.07) is 9.79. The van der Waals surface area contributed by atoms with Crippen molar-refractivity contribution in [3.8, 4) is 0 Å².